The summed E-state index contributed by atoms with van der Waals surface area (Å²) in [6.45, 7) is 14.3. The van der Waals surface area contributed by atoms with E-state index in [-0.39, 0.29) is 12.7 Å². The fourth-order valence-electron chi connectivity index (χ4n) is 5.23. The van der Waals surface area contributed by atoms with Gasteiger partial charge in [-0.1, -0.05) is 19.6 Å². The van der Waals surface area contributed by atoms with E-state index in [0.717, 1.165) is 25.3 Å². The van der Waals surface area contributed by atoms with E-state index in [9.17, 15) is 14.7 Å². The van der Waals surface area contributed by atoms with Crippen molar-refractivity contribution >= 4 is 38.3 Å². The molecule has 6 nitrogen and oxygen atoms in total. The van der Waals surface area contributed by atoms with Crippen LogP contribution in [-0.2, 0) is 9.53 Å². The van der Waals surface area contributed by atoms with Crippen LogP contribution in [0.1, 0.15) is 76.1 Å². The molecule has 0 spiro atoms. The summed E-state index contributed by atoms with van der Waals surface area (Å²) in [6, 6.07) is 7.32. The topological polar surface area (TPSA) is 76.1 Å². The molecule has 1 unspecified atom stereocenters. The van der Waals surface area contributed by atoms with Gasteiger partial charge in [-0.25, -0.2) is 0 Å². The van der Waals surface area contributed by atoms with Gasteiger partial charge in [0.05, 0.1) is 0 Å². The van der Waals surface area contributed by atoms with Crippen molar-refractivity contribution in [2.75, 3.05) is 13.4 Å². The Morgan fingerprint density at radius 3 is 2.11 bits per heavy atom. The molecule has 214 valence electrons. The number of unbranched alkanes of at least 4 members (excludes halogenated alkanes) is 3. The molecule has 1 N–H and O–H groups in total. The summed E-state index contributed by atoms with van der Waals surface area (Å²) in [5, 5.41) is 10.2. The second-order valence-electron chi connectivity index (χ2n) is 12.0. The molecule has 0 aromatic heterocycles. The molecule has 1 aliphatic heterocycles. The van der Waals surface area contributed by atoms with Crippen LogP contribution in [0.2, 0.25) is 39.0 Å². The maximum absolute atomic E-state index is 13.8. The Morgan fingerprint density at radius 1 is 1.00 bits per heavy atom. The van der Waals surface area contributed by atoms with Crippen molar-refractivity contribution in [2.24, 2.45) is 0 Å². The maximum atomic E-state index is 13.8. The first-order valence-corrected chi connectivity index (χ1v) is 25.8. The van der Waals surface area contributed by atoms with Gasteiger partial charge in [-0.2, -0.15) is 0 Å². The van der Waals surface area contributed by atoms with Crippen LogP contribution in [0.15, 0.2) is 34.1 Å². The Hall–Kier alpha value is -1.32. The van der Waals surface area contributed by atoms with E-state index in [0.29, 0.717) is 24.3 Å². The molecule has 1 atom stereocenters. The molecule has 0 radical (unpaired) electrons. The van der Waals surface area contributed by atoms with Gasteiger partial charge >= 0.3 is 217 Å². The van der Waals surface area contributed by atoms with Crippen LogP contribution in [0.5, 0.6) is 5.75 Å². The Kier molecular flexibility index (Phi) is 13.9. The fourth-order valence-corrected chi connectivity index (χ4v) is 22.7. The number of hydrogen-bond donors (Lipinski definition) is 1. The molecule has 0 fully saturated rings. The SMILES string of the molecule is CCC[CH2][Sn]([CH2]CCC)([CH2]CCC)[C]1=CN(C(=O)c2ccccc2OCOCC[Si](C)(C)C)C(C(=O)O)C1. The first-order chi connectivity index (χ1) is 18.1. The molecule has 1 aliphatic rings. The van der Waals surface area contributed by atoms with E-state index in [1.54, 1.807) is 18.2 Å². The molecule has 0 bridgehead atoms. The molecule has 1 aromatic carbocycles. The summed E-state index contributed by atoms with van der Waals surface area (Å²) >= 11 is -2.85. The normalized spacial score (nSPS) is 16.0. The first kappa shape index (κ1) is 32.9. The average molecular weight is 653 g/mol. The number of benzene rings is 1. The minimum atomic E-state index is -2.85. The molecular formula is C30H51NO5SiSn. The average Bonchev–Trinajstić information content (AvgIpc) is 3.34. The third-order valence-corrected chi connectivity index (χ3v) is 25.4. The molecule has 1 amide bonds. The Bertz CT molecular complexity index is 908. The summed E-state index contributed by atoms with van der Waals surface area (Å²) < 4.78 is 16.7. The van der Waals surface area contributed by atoms with E-state index in [1.807, 2.05) is 12.3 Å². The predicted octanol–water partition coefficient (Wildman–Crippen LogP) is 7.95. The number of rotatable bonds is 18. The third kappa shape index (κ3) is 9.70. The number of amides is 1. The number of carboxylic acids is 1. The summed E-state index contributed by atoms with van der Waals surface area (Å²) in [4.78, 5) is 27.8. The number of aliphatic carboxylic acids is 1. The van der Waals surface area contributed by atoms with Crippen molar-refractivity contribution in [1.82, 2.24) is 4.90 Å². The molecule has 8 heteroatoms. The second kappa shape index (κ2) is 16.1. The molecule has 38 heavy (non-hydrogen) atoms. The Morgan fingerprint density at radius 2 is 1.58 bits per heavy atom. The van der Waals surface area contributed by atoms with Crippen LogP contribution in [0, 0.1) is 0 Å². The minimum absolute atomic E-state index is 0.0723. The summed E-state index contributed by atoms with van der Waals surface area (Å²) in [5.41, 5.74) is 0.390. The quantitative estimate of drug-likeness (QED) is 0.0990. The van der Waals surface area contributed by atoms with Gasteiger partial charge in [0.15, 0.2) is 0 Å². The number of carboxylic acid groups (broad SMARTS) is 1. The predicted molar refractivity (Wildman–Crippen MR) is 161 cm³/mol. The van der Waals surface area contributed by atoms with Crippen LogP contribution < -0.4 is 4.74 Å². The molecule has 1 heterocycles. The van der Waals surface area contributed by atoms with Crippen molar-refractivity contribution in [2.45, 2.75) is 111 Å². The number of hydrogen-bond acceptors (Lipinski definition) is 4. The van der Waals surface area contributed by atoms with E-state index < -0.39 is 38.5 Å². The van der Waals surface area contributed by atoms with Crippen LogP contribution in [0.25, 0.3) is 0 Å². The molecule has 0 saturated carbocycles. The fraction of sp³-hybridized carbons (Fsp3) is 0.667. The van der Waals surface area contributed by atoms with Gasteiger partial charge in [-0.15, -0.1) is 0 Å². The van der Waals surface area contributed by atoms with Gasteiger partial charge in [-0.3, -0.25) is 0 Å². The second-order valence-corrected chi connectivity index (χ2v) is 31.0. The van der Waals surface area contributed by atoms with Gasteiger partial charge in [0.2, 0.25) is 0 Å². The van der Waals surface area contributed by atoms with Crippen molar-refractivity contribution in [1.29, 1.82) is 0 Å². The first-order valence-electron chi connectivity index (χ1n) is 14.6. The summed E-state index contributed by atoms with van der Waals surface area (Å²) in [6.07, 6.45) is 9.50. The molecule has 2 rings (SSSR count). The van der Waals surface area contributed by atoms with E-state index in [2.05, 4.69) is 40.4 Å². The van der Waals surface area contributed by atoms with Crippen LogP contribution in [-0.4, -0.2) is 67.8 Å². The molecule has 0 aliphatic carbocycles. The zero-order valence-electron chi connectivity index (χ0n) is 24.7. The third-order valence-electron chi connectivity index (χ3n) is 7.68. The van der Waals surface area contributed by atoms with Gasteiger partial charge < -0.3 is 0 Å². The van der Waals surface area contributed by atoms with Gasteiger partial charge in [0, 0.05) is 0 Å². The van der Waals surface area contributed by atoms with Crippen molar-refractivity contribution in [3.63, 3.8) is 0 Å². The molecule has 1 aromatic rings. The van der Waals surface area contributed by atoms with Crippen LogP contribution in [0.4, 0.5) is 0 Å². The van der Waals surface area contributed by atoms with Crippen LogP contribution >= 0.6 is 0 Å². The molecule has 0 saturated heterocycles. The summed E-state index contributed by atoms with van der Waals surface area (Å²) in [7, 11) is -1.20. The van der Waals surface area contributed by atoms with Crippen molar-refractivity contribution < 1.29 is 24.2 Å². The number of carbonyl (C=O) groups is 2. The van der Waals surface area contributed by atoms with E-state index in [4.69, 9.17) is 9.47 Å². The zero-order valence-corrected chi connectivity index (χ0v) is 28.5. The van der Waals surface area contributed by atoms with E-state index >= 15 is 0 Å². The van der Waals surface area contributed by atoms with Crippen molar-refractivity contribution in [3.8, 4) is 5.75 Å². The van der Waals surface area contributed by atoms with Gasteiger partial charge in [-0.05, 0) is 0 Å². The number of ether oxygens (including phenoxy) is 2. The molecular weight excluding hydrogens is 601 g/mol. The zero-order chi connectivity index (χ0) is 28.2. The summed E-state index contributed by atoms with van der Waals surface area (Å²) in [5.74, 6) is -0.791. The number of para-hydroxylation sites is 1. The van der Waals surface area contributed by atoms with Crippen molar-refractivity contribution in [3.05, 3.63) is 39.6 Å². The monoisotopic (exact) mass is 653 g/mol. The standard InChI is InChI=1S/C18H24NO5Si.3C4H9.Sn/c1-25(2,3)12-11-23-13-24-16-9-5-4-7-14(16)17(20)19-10-6-8-15(19)18(21)22;3*1-3-4-2;/h4-5,7,9-10,15H,8,11-13H2,1-3H3,(H,21,22);3*1,3-4H2,2H3;. The van der Waals surface area contributed by atoms with Gasteiger partial charge in [0.25, 0.3) is 0 Å². The Labute approximate surface area is 236 Å². The number of carbonyl (C=O) groups excluding carboxylic acids is 1. The van der Waals surface area contributed by atoms with Crippen LogP contribution in [0.3, 0.4) is 0 Å². The Balaban J connectivity index is 2.33. The van der Waals surface area contributed by atoms with Gasteiger partial charge in [0.1, 0.15) is 0 Å². The van der Waals surface area contributed by atoms with E-state index in [1.165, 1.54) is 41.1 Å². The number of nitrogens with zero attached hydrogens (tertiary/aromatic N) is 1.